The summed E-state index contributed by atoms with van der Waals surface area (Å²) in [5, 5.41) is 19.1. The highest BCUT2D eigenvalue weighted by molar-refractivity contribution is 4.73. The van der Waals surface area contributed by atoms with Gasteiger partial charge in [0.15, 0.2) is 5.82 Å². The zero-order chi connectivity index (χ0) is 14.8. The Morgan fingerprint density at radius 2 is 1.90 bits per heavy atom. The predicted molar refractivity (Wildman–Crippen MR) is 82.7 cm³/mol. The predicted octanol–water partition coefficient (Wildman–Crippen LogP) is 0.424. The molecule has 1 aromatic rings. The quantitative estimate of drug-likeness (QED) is 0.542. The lowest BCUT2D eigenvalue weighted by Gasteiger charge is -2.22. The van der Waals surface area contributed by atoms with Gasteiger partial charge in [-0.2, -0.15) is 4.80 Å². The Kier molecular flexibility index (Phi) is 7.62. The summed E-state index contributed by atoms with van der Waals surface area (Å²) in [6.45, 7) is 4.33. The van der Waals surface area contributed by atoms with Crippen LogP contribution in [0.2, 0.25) is 0 Å². The van der Waals surface area contributed by atoms with E-state index < -0.39 is 0 Å². The molecule has 0 spiro atoms. The molecule has 0 aromatic carbocycles. The van der Waals surface area contributed by atoms with Crippen molar-refractivity contribution in [3.8, 4) is 0 Å². The molecular formula is C14H29N7. The number of aromatic nitrogens is 4. The van der Waals surface area contributed by atoms with Gasteiger partial charge in [-0.3, -0.25) is 0 Å². The number of nitrogens with zero attached hydrogens (tertiary/aromatic N) is 4. The first-order valence-electron chi connectivity index (χ1n) is 8.29. The van der Waals surface area contributed by atoms with Gasteiger partial charge in [0.25, 0.3) is 0 Å². The summed E-state index contributed by atoms with van der Waals surface area (Å²) < 4.78 is 0. The average Bonchev–Trinajstić information content (AvgIpc) is 2.99. The van der Waals surface area contributed by atoms with E-state index in [0.29, 0.717) is 12.4 Å². The van der Waals surface area contributed by atoms with Crippen molar-refractivity contribution >= 4 is 0 Å². The third-order valence-electron chi connectivity index (χ3n) is 3.96. The minimum absolute atomic E-state index is 0.353. The first-order valence-corrected chi connectivity index (χ1v) is 8.29. The molecule has 0 unspecified atom stereocenters. The van der Waals surface area contributed by atoms with Gasteiger partial charge in [0.05, 0.1) is 13.1 Å². The molecule has 0 atom stereocenters. The van der Waals surface area contributed by atoms with Gasteiger partial charge in [0, 0.05) is 6.04 Å². The van der Waals surface area contributed by atoms with Crippen LogP contribution in [0, 0.1) is 0 Å². The zero-order valence-electron chi connectivity index (χ0n) is 12.9. The maximum absolute atomic E-state index is 5.44. The Bertz CT molecular complexity index is 373. The molecule has 0 bridgehead atoms. The van der Waals surface area contributed by atoms with E-state index in [-0.39, 0.29) is 0 Å². The number of tetrazole rings is 1. The Morgan fingerprint density at radius 3 is 2.67 bits per heavy atom. The molecule has 0 radical (unpaired) electrons. The van der Waals surface area contributed by atoms with Crippen LogP contribution in [0.25, 0.3) is 0 Å². The van der Waals surface area contributed by atoms with Crippen molar-refractivity contribution in [2.45, 2.75) is 64.1 Å². The average molecular weight is 295 g/mol. The fraction of sp³-hybridized carbons (Fsp3) is 0.929. The van der Waals surface area contributed by atoms with E-state index in [1.807, 2.05) is 0 Å². The molecule has 1 aromatic heterocycles. The van der Waals surface area contributed by atoms with E-state index in [2.05, 4.69) is 26.0 Å². The van der Waals surface area contributed by atoms with Crippen molar-refractivity contribution in [2.24, 2.45) is 5.73 Å². The van der Waals surface area contributed by atoms with Crippen LogP contribution in [0.4, 0.5) is 0 Å². The van der Waals surface area contributed by atoms with Crippen LogP contribution < -0.4 is 16.4 Å². The monoisotopic (exact) mass is 295 g/mol. The fourth-order valence-corrected chi connectivity index (χ4v) is 2.75. The Hall–Kier alpha value is -1.05. The summed E-state index contributed by atoms with van der Waals surface area (Å²) in [6, 6.07) is 0.772. The van der Waals surface area contributed by atoms with Gasteiger partial charge in [0.1, 0.15) is 0 Å². The largest absolute Gasteiger partial charge is 0.324 e. The van der Waals surface area contributed by atoms with Gasteiger partial charge in [-0.15, -0.1) is 10.2 Å². The minimum atomic E-state index is 0.353. The van der Waals surface area contributed by atoms with Crippen molar-refractivity contribution in [3.05, 3.63) is 5.82 Å². The number of hydrogen-bond acceptors (Lipinski definition) is 6. The normalized spacial score (nSPS) is 16.4. The smallest absolute Gasteiger partial charge is 0.188 e. The van der Waals surface area contributed by atoms with Crippen molar-refractivity contribution in [1.29, 1.82) is 0 Å². The van der Waals surface area contributed by atoms with E-state index in [4.69, 9.17) is 5.73 Å². The van der Waals surface area contributed by atoms with Crippen molar-refractivity contribution in [3.63, 3.8) is 0 Å². The van der Waals surface area contributed by atoms with Crippen LogP contribution in [0.15, 0.2) is 0 Å². The highest BCUT2D eigenvalue weighted by Crippen LogP contribution is 2.16. The number of hydrogen-bond donors (Lipinski definition) is 3. The molecule has 4 N–H and O–H groups in total. The third kappa shape index (κ3) is 6.50. The standard InChI is InChI=1S/C14H29N7/c15-12-14-18-20-21(19-14)11-5-9-16-8-4-10-17-13-6-2-1-3-7-13/h13,16-17H,1-12,15H2. The third-order valence-corrected chi connectivity index (χ3v) is 3.96. The number of nitrogens with two attached hydrogens (primary N) is 1. The molecule has 1 saturated carbocycles. The molecule has 0 aliphatic heterocycles. The second-order valence-corrected chi connectivity index (χ2v) is 5.75. The maximum atomic E-state index is 5.44. The highest BCUT2D eigenvalue weighted by Gasteiger charge is 2.11. The minimum Gasteiger partial charge on any atom is -0.324 e. The lowest BCUT2D eigenvalue weighted by Crippen LogP contribution is -2.33. The first kappa shape index (κ1) is 16.3. The van der Waals surface area contributed by atoms with E-state index >= 15 is 0 Å². The van der Waals surface area contributed by atoms with E-state index in [0.717, 1.165) is 38.6 Å². The van der Waals surface area contributed by atoms with Gasteiger partial charge in [-0.25, -0.2) is 0 Å². The fourth-order valence-electron chi connectivity index (χ4n) is 2.75. The summed E-state index contributed by atoms with van der Waals surface area (Å²) in [5.74, 6) is 0.608. The number of rotatable bonds is 10. The molecule has 21 heavy (non-hydrogen) atoms. The second-order valence-electron chi connectivity index (χ2n) is 5.75. The lowest BCUT2D eigenvalue weighted by molar-refractivity contribution is 0.370. The van der Waals surface area contributed by atoms with Gasteiger partial charge in [-0.05, 0) is 50.5 Å². The van der Waals surface area contributed by atoms with Crippen molar-refractivity contribution in [1.82, 2.24) is 30.8 Å². The van der Waals surface area contributed by atoms with Crippen LogP contribution >= 0.6 is 0 Å². The molecular weight excluding hydrogens is 266 g/mol. The summed E-state index contributed by atoms with van der Waals surface area (Å²) in [4.78, 5) is 1.62. The van der Waals surface area contributed by atoms with Crippen LogP contribution in [0.5, 0.6) is 0 Å². The summed E-state index contributed by atoms with van der Waals surface area (Å²) in [7, 11) is 0. The van der Waals surface area contributed by atoms with Crippen molar-refractivity contribution < 1.29 is 0 Å². The Morgan fingerprint density at radius 1 is 1.10 bits per heavy atom. The van der Waals surface area contributed by atoms with Crippen LogP contribution in [0.3, 0.4) is 0 Å². The molecule has 120 valence electrons. The van der Waals surface area contributed by atoms with Gasteiger partial charge in [0.2, 0.25) is 0 Å². The van der Waals surface area contributed by atoms with Gasteiger partial charge in [-0.1, -0.05) is 19.3 Å². The van der Waals surface area contributed by atoms with E-state index in [9.17, 15) is 0 Å². The topological polar surface area (TPSA) is 93.7 Å². The van der Waals surface area contributed by atoms with Crippen LogP contribution in [-0.4, -0.2) is 45.9 Å². The second kappa shape index (κ2) is 9.81. The van der Waals surface area contributed by atoms with Crippen molar-refractivity contribution in [2.75, 3.05) is 19.6 Å². The maximum Gasteiger partial charge on any atom is 0.188 e. The van der Waals surface area contributed by atoms with Gasteiger partial charge >= 0.3 is 0 Å². The van der Waals surface area contributed by atoms with Crippen LogP contribution in [0.1, 0.15) is 50.8 Å². The molecule has 7 nitrogen and oxygen atoms in total. The van der Waals surface area contributed by atoms with Gasteiger partial charge < -0.3 is 16.4 Å². The lowest BCUT2D eigenvalue weighted by atomic mass is 9.95. The molecule has 0 saturated heterocycles. The molecule has 0 amide bonds. The number of nitrogens with one attached hydrogen (secondary N) is 2. The van der Waals surface area contributed by atoms with E-state index in [1.54, 1.807) is 4.80 Å². The first-order chi connectivity index (χ1) is 10.4. The SMILES string of the molecule is NCc1nnn(CCCNCCCNC2CCCCC2)n1. The molecule has 1 fully saturated rings. The molecule has 2 rings (SSSR count). The highest BCUT2D eigenvalue weighted by atomic mass is 15.6. The molecule has 1 heterocycles. The molecule has 1 aliphatic rings. The Labute approximate surface area is 127 Å². The molecule has 1 aliphatic carbocycles. The number of aryl methyl sites for hydroxylation is 1. The molecule has 7 heteroatoms. The Balaban J connectivity index is 1.39. The summed E-state index contributed by atoms with van der Waals surface area (Å²) in [6.07, 6.45) is 9.15. The zero-order valence-corrected chi connectivity index (χ0v) is 12.9. The van der Waals surface area contributed by atoms with E-state index in [1.165, 1.54) is 38.5 Å². The van der Waals surface area contributed by atoms with Crippen LogP contribution in [-0.2, 0) is 13.1 Å². The summed E-state index contributed by atoms with van der Waals surface area (Å²) >= 11 is 0. The summed E-state index contributed by atoms with van der Waals surface area (Å²) in [5.41, 5.74) is 5.44.